The number of rotatable bonds is 4. The zero-order valence-corrected chi connectivity index (χ0v) is 10.4. The molecule has 0 amide bonds. The van der Waals surface area contributed by atoms with Crippen LogP contribution >= 0.6 is 0 Å². The Hall–Kier alpha value is -1.54. The van der Waals surface area contributed by atoms with Crippen LogP contribution in [0.3, 0.4) is 0 Å². The van der Waals surface area contributed by atoms with Gasteiger partial charge in [0.05, 0.1) is 5.69 Å². The lowest BCUT2D eigenvalue weighted by Gasteiger charge is -2.13. The van der Waals surface area contributed by atoms with Crippen molar-refractivity contribution in [2.24, 2.45) is 7.05 Å². The summed E-state index contributed by atoms with van der Waals surface area (Å²) < 4.78 is 1.95. The zero-order valence-electron chi connectivity index (χ0n) is 10.4. The first-order valence-corrected chi connectivity index (χ1v) is 6.10. The van der Waals surface area contributed by atoms with Gasteiger partial charge in [-0.1, -0.05) is 37.6 Å². The van der Waals surface area contributed by atoms with Gasteiger partial charge in [0, 0.05) is 13.2 Å². The van der Waals surface area contributed by atoms with Crippen molar-refractivity contribution >= 4 is 0 Å². The van der Waals surface area contributed by atoms with Crippen LogP contribution in [0.2, 0.25) is 0 Å². The number of nitrogens with zero attached hydrogens (tertiary/aromatic N) is 1. The Morgan fingerprint density at radius 1 is 1.18 bits per heavy atom. The Bertz CT molecular complexity index is 470. The van der Waals surface area contributed by atoms with E-state index in [-0.39, 0.29) is 0 Å². The van der Waals surface area contributed by atoms with Crippen molar-refractivity contribution in [2.45, 2.75) is 25.9 Å². The van der Waals surface area contributed by atoms with E-state index in [1.54, 1.807) is 0 Å². The van der Waals surface area contributed by atoms with Crippen LogP contribution in [0.15, 0.2) is 42.6 Å². The van der Waals surface area contributed by atoms with Crippen LogP contribution in [0.25, 0.3) is 0 Å². The summed E-state index contributed by atoms with van der Waals surface area (Å²) in [5, 5.41) is 10.3. The SMILES string of the molecule is CCCc1ccc([C@H](O)c2cccn2C)cc1. The van der Waals surface area contributed by atoms with Crippen LogP contribution in [0, 0.1) is 0 Å². The molecule has 2 rings (SSSR count). The molecule has 1 heterocycles. The van der Waals surface area contributed by atoms with E-state index in [1.165, 1.54) is 5.56 Å². The van der Waals surface area contributed by atoms with E-state index in [0.717, 1.165) is 24.1 Å². The summed E-state index contributed by atoms with van der Waals surface area (Å²) in [6.07, 6.45) is 3.66. The number of aryl methyl sites for hydroxylation is 2. The van der Waals surface area contributed by atoms with Crippen LogP contribution in [0.4, 0.5) is 0 Å². The third kappa shape index (κ3) is 2.59. The molecule has 1 aromatic heterocycles. The number of aliphatic hydroxyl groups is 1. The Morgan fingerprint density at radius 3 is 2.41 bits per heavy atom. The Balaban J connectivity index is 2.20. The third-order valence-corrected chi connectivity index (χ3v) is 3.10. The minimum absolute atomic E-state index is 0.536. The second kappa shape index (κ2) is 5.19. The first-order chi connectivity index (χ1) is 8.22. The third-order valence-electron chi connectivity index (χ3n) is 3.10. The molecule has 2 nitrogen and oxygen atoms in total. The molecule has 0 aliphatic heterocycles. The summed E-state index contributed by atoms with van der Waals surface area (Å²) in [6, 6.07) is 12.1. The number of aliphatic hydroxyl groups excluding tert-OH is 1. The van der Waals surface area contributed by atoms with Crippen molar-refractivity contribution in [2.75, 3.05) is 0 Å². The minimum atomic E-state index is -0.536. The van der Waals surface area contributed by atoms with Gasteiger partial charge in [-0.15, -0.1) is 0 Å². The first kappa shape index (κ1) is 11.9. The van der Waals surface area contributed by atoms with Crippen molar-refractivity contribution in [3.63, 3.8) is 0 Å². The van der Waals surface area contributed by atoms with E-state index in [1.807, 2.05) is 42.1 Å². The zero-order chi connectivity index (χ0) is 12.3. The molecule has 0 fully saturated rings. The van der Waals surface area contributed by atoms with Crippen LogP contribution in [-0.2, 0) is 13.5 Å². The molecule has 90 valence electrons. The Labute approximate surface area is 103 Å². The topological polar surface area (TPSA) is 25.2 Å². The maximum absolute atomic E-state index is 10.3. The molecule has 2 aromatic rings. The van der Waals surface area contributed by atoms with E-state index in [2.05, 4.69) is 19.1 Å². The van der Waals surface area contributed by atoms with E-state index >= 15 is 0 Å². The van der Waals surface area contributed by atoms with Crippen LogP contribution in [-0.4, -0.2) is 9.67 Å². The van der Waals surface area contributed by atoms with Gasteiger partial charge in [-0.2, -0.15) is 0 Å². The minimum Gasteiger partial charge on any atom is -0.382 e. The van der Waals surface area contributed by atoms with Gasteiger partial charge >= 0.3 is 0 Å². The van der Waals surface area contributed by atoms with Gasteiger partial charge in [-0.3, -0.25) is 0 Å². The van der Waals surface area contributed by atoms with E-state index in [9.17, 15) is 5.11 Å². The van der Waals surface area contributed by atoms with Crippen LogP contribution < -0.4 is 0 Å². The van der Waals surface area contributed by atoms with Crippen molar-refractivity contribution in [3.05, 3.63) is 59.4 Å². The number of aromatic nitrogens is 1. The Morgan fingerprint density at radius 2 is 1.88 bits per heavy atom. The van der Waals surface area contributed by atoms with Crippen molar-refractivity contribution in [1.82, 2.24) is 4.57 Å². The lowest BCUT2D eigenvalue weighted by Crippen LogP contribution is -2.05. The van der Waals surface area contributed by atoms with E-state index in [4.69, 9.17) is 0 Å². The first-order valence-electron chi connectivity index (χ1n) is 6.10. The summed E-state index contributed by atoms with van der Waals surface area (Å²) in [5.74, 6) is 0. The van der Waals surface area contributed by atoms with Crippen LogP contribution in [0.5, 0.6) is 0 Å². The molecule has 1 aromatic carbocycles. The second-order valence-electron chi connectivity index (χ2n) is 4.44. The van der Waals surface area contributed by atoms with Crippen LogP contribution in [0.1, 0.15) is 36.3 Å². The summed E-state index contributed by atoms with van der Waals surface area (Å²) in [4.78, 5) is 0. The average molecular weight is 229 g/mol. The fourth-order valence-electron chi connectivity index (χ4n) is 2.08. The molecule has 0 radical (unpaired) electrons. The highest BCUT2D eigenvalue weighted by Gasteiger charge is 2.12. The fraction of sp³-hybridized carbons (Fsp3) is 0.333. The van der Waals surface area contributed by atoms with Gasteiger partial charge in [0.15, 0.2) is 0 Å². The van der Waals surface area contributed by atoms with Crippen molar-refractivity contribution in [1.29, 1.82) is 0 Å². The highest BCUT2D eigenvalue weighted by molar-refractivity contribution is 5.29. The predicted octanol–water partition coefficient (Wildman–Crippen LogP) is 3.06. The molecule has 0 unspecified atom stereocenters. The number of hydrogen-bond acceptors (Lipinski definition) is 1. The van der Waals surface area contributed by atoms with Crippen molar-refractivity contribution in [3.8, 4) is 0 Å². The molecular formula is C15H19NO. The smallest absolute Gasteiger partial charge is 0.119 e. The molecule has 1 atom stereocenters. The lowest BCUT2D eigenvalue weighted by molar-refractivity contribution is 0.211. The standard InChI is InChI=1S/C15H19NO/c1-3-5-12-7-9-13(10-8-12)15(17)14-6-4-11-16(14)2/h4,6-11,15,17H,3,5H2,1-2H3/t15-/m0/s1. The second-order valence-corrected chi connectivity index (χ2v) is 4.44. The molecule has 2 heteroatoms. The fourth-order valence-corrected chi connectivity index (χ4v) is 2.08. The van der Waals surface area contributed by atoms with E-state index in [0.29, 0.717) is 0 Å². The predicted molar refractivity (Wildman–Crippen MR) is 69.9 cm³/mol. The largest absolute Gasteiger partial charge is 0.382 e. The molecule has 0 spiro atoms. The quantitative estimate of drug-likeness (QED) is 0.856. The van der Waals surface area contributed by atoms with Gasteiger partial charge < -0.3 is 9.67 Å². The number of hydrogen-bond donors (Lipinski definition) is 1. The summed E-state index contributed by atoms with van der Waals surface area (Å²) >= 11 is 0. The molecule has 0 aliphatic rings. The molecular weight excluding hydrogens is 210 g/mol. The molecule has 0 saturated heterocycles. The van der Waals surface area contributed by atoms with Gasteiger partial charge in [0.25, 0.3) is 0 Å². The molecule has 1 N–H and O–H groups in total. The summed E-state index contributed by atoms with van der Waals surface area (Å²) in [6.45, 7) is 2.17. The molecule has 0 saturated carbocycles. The summed E-state index contributed by atoms with van der Waals surface area (Å²) in [7, 11) is 1.95. The summed E-state index contributed by atoms with van der Waals surface area (Å²) in [5.41, 5.74) is 3.20. The molecule has 0 aliphatic carbocycles. The number of benzene rings is 1. The molecule has 0 bridgehead atoms. The maximum atomic E-state index is 10.3. The van der Waals surface area contributed by atoms with E-state index < -0.39 is 6.10 Å². The average Bonchev–Trinajstić information content (AvgIpc) is 2.76. The maximum Gasteiger partial charge on any atom is 0.119 e. The highest BCUT2D eigenvalue weighted by atomic mass is 16.3. The Kier molecular flexibility index (Phi) is 3.64. The molecule has 17 heavy (non-hydrogen) atoms. The normalized spacial score (nSPS) is 12.6. The lowest BCUT2D eigenvalue weighted by atomic mass is 10.0. The van der Waals surface area contributed by atoms with Gasteiger partial charge in [0.2, 0.25) is 0 Å². The van der Waals surface area contributed by atoms with Crippen molar-refractivity contribution < 1.29 is 5.11 Å². The monoisotopic (exact) mass is 229 g/mol. The van der Waals surface area contributed by atoms with Gasteiger partial charge in [-0.25, -0.2) is 0 Å². The highest BCUT2D eigenvalue weighted by Crippen LogP contribution is 2.22. The van der Waals surface area contributed by atoms with Gasteiger partial charge in [-0.05, 0) is 29.7 Å². The van der Waals surface area contributed by atoms with Gasteiger partial charge in [0.1, 0.15) is 6.10 Å².